The Bertz CT molecular complexity index is 612. The highest BCUT2D eigenvalue weighted by molar-refractivity contribution is 5.78. The van der Waals surface area contributed by atoms with E-state index >= 15 is 0 Å². The summed E-state index contributed by atoms with van der Waals surface area (Å²) in [4.78, 5) is 26.5. The lowest BCUT2D eigenvalue weighted by Gasteiger charge is -2.35. The normalized spacial score (nSPS) is 21.8. The number of hydrogen-bond donors (Lipinski definition) is 0. The SMILES string of the molecule is CCCc1cnc(C)nc1N1CCC(=O)N(CC2CC2)[C@@H](C(C)C)C1. The molecule has 2 heterocycles. The standard InChI is InChI=1S/C20H32N4O/c1-5-6-17-11-21-15(4)22-20(17)23-10-9-19(25)24(12-16-7-8-16)18(13-23)14(2)3/h11,14,16,18H,5-10,12-13H2,1-4H3/t18-/m1/s1. The lowest BCUT2D eigenvalue weighted by molar-refractivity contribution is -0.133. The number of carbonyl (C=O) groups excluding carboxylic acids is 1. The van der Waals surface area contributed by atoms with Crippen LogP contribution in [0.5, 0.6) is 0 Å². The van der Waals surface area contributed by atoms with Gasteiger partial charge in [-0.25, -0.2) is 9.97 Å². The first kappa shape index (κ1) is 18.2. The lowest BCUT2D eigenvalue weighted by atomic mass is 10.0. The maximum atomic E-state index is 12.8. The molecule has 3 rings (SSSR count). The zero-order valence-corrected chi connectivity index (χ0v) is 16.2. The first-order chi connectivity index (χ1) is 12.0. The van der Waals surface area contributed by atoms with Gasteiger partial charge in [0, 0.05) is 37.8 Å². The van der Waals surface area contributed by atoms with Crippen molar-refractivity contribution in [3.05, 3.63) is 17.6 Å². The molecule has 1 aliphatic heterocycles. The van der Waals surface area contributed by atoms with Crippen LogP contribution in [0.2, 0.25) is 0 Å². The van der Waals surface area contributed by atoms with E-state index in [0.717, 1.165) is 50.0 Å². The molecule has 5 heteroatoms. The van der Waals surface area contributed by atoms with Crippen molar-refractivity contribution in [2.45, 2.75) is 65.8 Å². The Balaban J connectivity index is 1.87. The van der Waals surface area contributed by atoms with Crippen molar-refractivity contribution in [3.8, 4) is 0 Å². The number of hydrogen-bond acceptors (Lipinski definition) is 4. The average Bonchev–Trinajstić information content (AvgIpc) is 3.39. The predicted molar refractivity (Wildman–Crippen MR) is 101 cm³/mol. The summed E-state index contributed by atoms with van der Waals surface area (Å²) in [5.41, 5.74) is 1.21. The fourth-order valence-electron chi connectivity index (χ4n) is 3.76. The summed E-state index contributed by atoms with van der Waals surface area (Å²) in [6.45, 7) is 11.2. The van der Waals surface area contributed by atoms with Crippen molar-refractivity contribution in [1.29, 1.82) is 0 Å². The van der Waals surface area contributed by atoms with E-state index in [-0.39, 0.29) is 6.04 Å². The smallest absolute Gasteiger partial charge is 0.224 e. The van der Waals surface area contributed by atoms with Crippen LogP contribution in [0.1, 0.15) is 57.8 Å². The van der Waals surface area contributed by atoms with E-state index in [1.54, 1.807) is 0 Å². The zero-order valence-electron chi connectivity index (χ0n) is 16.2. The second-order valence-electron chi connectivity index (χ2n) is 8.01. The summed E-state index contributed by atoms with van der Waals surface area (Å²) < 4.78 is 0. The van der Waals surface area contributed by atoms with Crippen LogP contribution < -0.4 is 4.90 Å². The van der Waals surface area contributed by atoms with E-state index in [1.165, 1.54) is 18.4 Å². The number of amides is 1. The molecule has 1 saturated carbocycles. The number of rotatable bonds is 6. The second-order valence-corrected chi connectivity index (χ2v) is 8.01. The van der Waals surface area contributed by atoms with Gasteiger partial charge >= 0.3 is 0 Å². The van der Waals surface area contributed by atoms with Crippen molar-refractivity contribution in [3.63, 3.8) is 0 Å². The third-order valence-corrected chi connectivity index (χ3v) is 5.43. The summed E-state index contributed by atoms with van der Waals surface area (Å²) in [7, 11) is 0. The van der Waals surface area contributed by atoms with Crippen molar-refractivity contribution in [2.24, 2.45) is 11.8 Å². The van der Waals surface area contributed by atoms with Crippen LogP contribution in [0.4, 0.5) is 5.82 Å². The molecule has 0 radical (unpaired) electrons. The molecule has 0 bridgehead atoms. The molecule has 0 N–H and O–H groups in total. The number of nitrogens with zero attached hydrogens (tertiary/aromatic N) is 4. The molecule has 1 saturated heterocycles. The van der Waals surface area contributed by atoms with Gasteiger partial charge in [-0.2, -0.15) is 0 Å². The molecule has 0 unspecified atom stereocenters. The highest BCUT2D eigenvalue weighted by Crippen LogP contribution is 2.33. The van der Waals surface area contributed by atoms with E-state index in [0.29, 0.717) is 18.2 Å². The topological polar surface area (TPSA) is 49.3 Å². The molecule has 1 aromatic rings. The summed E-state index contributed by atoms with van der Waals surface area (Å²) in [6, 6.07) is 0.264. The lowest BCUT2D eigenvalue weighted by Crippen LogP contribution is -2.47. The number of aromatic nitrogens is 2. The Labute approximate surface area is 151 Å². The molecule has 5 nitrogen and oxygen atoms in total. The highest BCUT2D eigenvalue weighted by Gasteiger charge is 2.36. The van der Waals surface area contributed by atoms with Crippen molar-refractivity contribution in [2.75, 3.05) is 24.5 Å². The Hall–Kier alpha value is -1.65. The van der Waals surface area contributed by atoms with Crippen LogP contribution in [0.3, 0.4) is 0 Å². The van der Waals surface area contributed by atoms with Gasteiger partial charge in [-0.1, -0.05) is 27.2 Å². The fraction of sp³-hybridized carbons (Fsp3) is 0.750. The van der Waals surface area contributed by atoms with Gasteiger partial charge in [0.25, 0.3) is 0 Å². The van der Waals surface area contributed by atoms with Gasteiger partial charge in [-0.15, -0.1) is 0 Å². The largest absolute Gasteiger partial charge is 0.354 e. The van der Waals surface area contributed by atoms with Crippen LogP contribution in [-0.4, -0.2) is 46.5 Å². The van der Waals surface area contributed by atoms with Crippen LogP contribution in [0.25, 0.3) is 0 Å². The van der Waals surface area contributed by atoms with Crippen molar-refractivity contribution >= 4 is 11.7 Å². The molecular formula is C20H32N4O. The van der Waals surface area contributed by atoms with Gasteiger partial charge in [0.05, 0.1) is 6.04 Å². The minimum absolute atomic E-state index is 0.264. The van der Waals surface area contributed by atoms with Crippen LogP contribution >= 0.6 is 0 Å². The molecule has 1 aromatic heterocycles. The quantitative estimate of drug-likeness (QED) is 0.795. The van der Waals surface area contributed by atoms with Crippen LogP contribution in [-0.2, 0) is 11.2 Å². The molecule has 2 fully saturated rings. The fourth-order valence-corrected chi connectivity index (χ4v) is 3.76. The zero-order chi connectivity index (χ0) is 18.0. The maximum absolute atomic E-state index is 12.8. The summed E-state index contributed by atoms with van der Waals surface area (Å²) >= 11 is 0. The van der Waals surface area contributed by atoms with Gasteiger partial charge in [0.1, 0.15) is 11.6 Å². The third-order valence-electron chi connectivity index (χ3n) is 5.43. The summed E-state index contributed by atoms with van der Waals surface area (Å²) in [6.07, 6.45) is 7.19. The molecule has 1 atom stereocenters. The van der Waals surface area contributed by atoms with Gasteiger partial charge in [0.2, 0.25) is 5.91 Å². The second kappa shape index (κ2) is 7.71. The molecule has 1 amide bonds. The first-order valence-corrected chi connectivity index (χ1v) is 9.86. The predicted octanol–water partition coefficient (Wildman–Crippen LogP) is 3.21. The van der Waals surface area contributed by atoms with Gasteiger partial charge in [0.15, 0.2) is 0 Å². The van der Waals surface area contributed by atoms with E-state index in [1.807, 2.05) is 13.1 Å². The average molecular weight is 345 g/mol. The van der Waals surface area contributed by atoms with Crippen molar-refractivity contribution in [1.82, 2.24) is 14.9 Å². The van der Waals surface area contributed by atoms with E-state index in [4.69, 9.17) is 4.98 Å². The minimum atomic E-state index is 0.264. The molecule has 0 spiro atoms. The highest BCUT2D eigenvalue weighted by atomic mass is 16.2. The van der Waals surface area contributed by atoms with Gasteiger partial charge in [-0.05, 0) is 38.0 Å². The number of aryl methyl sites for hydroxylation is 2. The monoisotopic (exact) mass is 344 g/mol. The number of carbonyl (C=O) groups is 1. The minimum Gasteiger partial charge on any atom is -0.354 e. The molecule has 1 aliphatic carbocycles. The van der Waals surface area contributed by atoms with Crippen molar-refractivity contribution < 1.29 is 4.79 Å². The maximum Gasteiger partial charge on any atom is 0.224 e. The third kappa shape index (κ3) is 4.31. The molecule has 138 valence electrons. The van der Waals surface area contributed by atoms with Crippen LogP contribution in [0.15, 0.2) is 6.20 Å². The Kier molecular flexibility index (Phi) is 5.60. The molecule has 2 aliphatic rings. The molecular weight excluding hydrogens is 312 g/mol. The summed E-state index contributed by atoms with van der Waals surface area (Å²) in [5.74, 6) is 3.34. The van der Waals surface area contributed by atoms with E-state index in [9.17, 15) is 4.79 Å². The van der Waals surface area contributed by atoms with Crippen LogP contribution in [0, 0.1) is 18.8 Å². The summed E-state index contributed by atoms with van der Waals surface area (Å²) in [5, 5.41) is 0. The first-order valence-electron chi connectivity index (χ1n) is 9.86. The Morgan fingerprint density at radius 3 is 2.72 bits per heavy atom. The Morgan fingerprint density at radius 1 is 1.32 bits per heavy atom. The van der Waals surface area contributed by atoms with Gasteiger partial charge < -0.3 is 9.80 Å². The molecule has 25 heavy (non-hydrogen) atoms. The molecule has 0 aromatic carbocycles. The van der Waals surface area contributed by atoms with E-state index in [2.05, 4.69) is 35.6 Å². The van der Waals surface area contributed by atoms with Gasteiger partial charge in [-0.3, -0.25) is 4.79 Å². The van der Waals surface area contributed by atoms with E-state index < -0.39 is 0 Å². The Morgan fingerprint density at radius 2 is 2.08 bits per heavy atom. The number of anilines is 1.